The molecule has 1 saturated carbocycles. The van der Waals surface area contributed by atoms with Crippen molar-refractivity contribution in [1.82, 2.24) is 9.34 Å². The summed E-state index contributed by atoms with van der Waals surface area (Å²) in [5.41, 5.74) is 0. The highest BCUT2D eigenvalue weighted by molar-refractivity contribution is 7.62. The maximum absolute atomic E-state index is 14.1. The van der Waals surface area contributed by atoms with Crippen molar-refractivity contribution >= 4 is 32.1 Å². The number of ether oxygens (including phenoxy) is 1. The number of allylic oxidation sites excluding steroid dienone is 1. The number of fused-ring (bicyclic) bond motifs is 1. The summed E-state index contributed by atoms with van der Waals surface area (Å²) < 4.78 is 31.0. The second kappa shape index (κ2) is 13.8. The number of esters is 1. The molecule has 8 heteroatoms. The molecule has 240 valence electrons. The molecule has 0 radical (unpaired) electrons. The first-order valence-corrected chi connectivity index (χ1v) is 20.3. The van der Waals surface area contributed by atoms with Gasteiger partial charge in [-0.05, 0) is 67.5 Å². The number of hydrogen-bond donors (Lipinski definition) is 0. The number of benzene rings is 2. The molecule has 1 aliphatic carbocycles. The third-order valence-electron chi connectivity index (χ3n) is 10.7. The van der Waals surface area contributed by atoms with Crippen LogP contribution in [0.2, 0.25) is 5.04 Å². The zero-order chi connectivity index (χ0) is 31.5. The van der Waals surface area contributed by atoms with E-state index in [4.69, 9.17) is 9.16 Å². The molecule has 5 atom stereocenters. The maximum Gasteiger partial charge on any atom is 0.309 e. The average Bonchev–Trinajstić information content (AvgIpc) is 3.48. The summed E-state index contributed by atoms with van der Waals surface area (Å²) in [5.74, 6) is 2.01. The van der Waals surface area contributed by atoms with E-state index in [0.29, 0.717) is 31.7 Å². The van der Waals surface area contributed by atoms with Gasteiger partial charge < -0.3 is 9.16 Å². The second-order valence-electron chi connectivity index (χ2n) is 14.3. The van der Waals surface area contributed by atoms with Gasteiger partial charge in [0.15, 0.2) is 0 Å². The fraction of sp³-hybridized carbons (Fsp3) is 0.583. The highest BCUT2D eigenvalue weighted by atomic mass is 31.2. The summed E-state index contributed by atoms with van der Waals surface area (Å²) in [6.45, 7) is 10.2. The van der Waals surface area contributed by atoms with Crippen molar-refractivity contribution in [2.24, 2.45) is 17.8 Å². The molecule has 0 N–H and O–H groups in total. The van der Waals surface area contributed by atoms with Gasteiger partial charge in [0.1, 0.15) is 0 Å². The molecule has 0 unspecified atom stereocenters. The van der Waals surface area contributed by atoms with Crippen molar-refractivity contribution in [3.8, 4) is 0 Å². The molecule has 0 amide bonds. The summed E-state index contributed by atoms with van der Waals surface area (Å²) in [7, 11) is -1.25. The van der Waals surface area contributed by atoms with E-state index in [-0.39, 0.29) is 28.8 Å². The first-order valence-electron chi connectivity index (χ1n) is 16.7. The van der Waals surface area contributed by atoms with Gasteiger partial charge in [-0.25, -0.2) is 9.34 Å². The van der Waals surface area contributed by atoms with Crippen molar-refractivity contribution in [3.05, 3.63) is 72.6 Å². The van der Waals surface area contributed by atoms with E-state index in [1.165, 1.54) is 23.2 Å². The van der Waals surface area contributed by atoms with E-state index in [1.807, 2.05) is 19.9 Å². The molecular weight excluding hydrogens is 583 g/mol. The van der Waals surface area contributed by atoms with Crippen molar-refractivity contribution in [3.63, 3.8) is 0 Å². The lowest BCUT2D eigenvalue weighted by molar-refractivity contribution is -0.142. The van der Waals surface area contributed by atoms with Crippen LogP contribution in [0.4, 0.5) is 0 Å². The van der Waals surface area contributed by atoms with E-state index in [9.17, 15) is 9.36 Å². The van der Waals surface area contributed by atoms with Gasteiger partial charge in [0.05, 0.1) is 12.5 Å². The summed E-state index contributed by atoms with van der Waals surface area (Å²) in [6, 6.07) is 22.2. The van der Waals surface area contributed by atoms with Gasteiger partial charge in [-0.2, -0.15) is 0 Å². The van der Waals surface area contributed by atoms with Crippen LogP contribution in [-0.2, 0) is 18.5 Å². The highest BCUT2D eigenvalue weighted by Crippen LogP contribution is 2.63. The molecule has 3 aliphatic rings. The predicted octanol–water partition coefficient (Wildman–Crippen LogP) is 7.05. The van der Waals surface area contributed by atoms with Crippen LogP contribution in [0.25, 0.3) is 0 Å². The number of hydrogen-bond acceptors (Lipinski definition) is 4. The van der Waals surface area contributed by atoms with E-state index >= 15 is 0 Å². The predicted molar refractivity (Wildman–Crippen MR) is 183 cm³/mol. The molecule has 44 heavy (non-hydrogen) atoms. The molecule has 0 aromatic heterocycles. The molecule has 2 heterocycles. The molecule has 6 nitrogen and oxygen atoms in total. The number of rotatable bonds is 11. The SMILES string of the molecule is C[C@H](CCCO[Si](c1ccccc1)(c1ccccc1)C(C)(C)C)[C@@H]1C(=O)OC[C@H]1C/C=C/P1(=O)N(C)[C@@H]2CCCC[C@H]2N1C. The highest BCUT2D eigenvalue weighted by Gasteiger charge is 2.51. The molecule has 0 bridgehead atoms. The van der Waals surface area contributed by atoms with Crippen LogP contribution in [0.1, 0.15) is 72.6 Å². The van der Waals surface area contributed by atoms with Gasteiger partial charge in [-0.1, -0.05) is 107 Å². The Balaban J connectivity index is 1.23. The zero-order valence-corrected chi connectivity index (χ0v) is 29.5. The molecule has 2 aromatic carbocycles. The normalized spacial score (nSPS) is 27.0. The van der Waals surface area contributed by atoms with Crippen LogP contribution in [0.15, 0.2) is 72.6 Å². The van der Waals surface area contributed by atoms with Gasteiger partial charge in [-0.15, -0.1) is 0 Å². The Morgan fingerprint density at radius 1 is 0.977 bits per heavy atom. The standard InChI is InChI=1S/C36H53N2O4PSi/c1-28(17-15-25-42-44(36(2,3)4,30-19-9-7-10-20-30)31-21-11-8-12-22-31)34-29(27-41-35(34)39)18-16-26-43(40)37(5)32-23-13-14-24-33(32)38(43)6/h7-12,16,19-22,26,28-29,32-34H,13-15,17-18,23-25,27H2,1-6H3/b26-16+/t28-,29-,32-,33-,34+/m1/s1. The Labute approximate surface area is 266 Å². The van der Waals surface area contributed by atoms with Crippen LogP contribution < -0.4 is 10.4 Å². The number of carbonyl (C=O) groups is 1. The Hall–Kier alpha value is -2.02. The first kappa shape index (κ1) is 33.3. The topological polar surface area (TPSA) is 59.1 Å². The van der Waals surface area contributed by atoms with Crippen molar-refractivity contribution in [2.75, 3.05) is 27.3 Å². The Kier molecular flexibility index (Phi) is 10.4. The minimum Gasteiger partial charge on any atom is -0.465 e. The van der Waals surface area contributed by atoms with E-state index < -0.39 is 15.8 Å². The van der Waals surface area contributed by atoms with Crippen molar-refractivity contribution < 1.29 is 18.5 Å². The van der Waals surface area contributed by atoms with E-state index in [0.717, 1.165) is 25.7 Å². The van der Waals surface area contributed by atoms with E-state index in [2.05, 4.69) is 104 Å². The van der Waals surface area contributed by atoms with Gasteiger partial charge in [-0.3, -0.25) is 9.36 Å². The maximum atomic E-state index is 14.1. The van der Waals surface area contributed by atoms with E-state index in [1.54, 1.807) is 0 Å². The molecule has 5 rings (SSSR count). The summed E-state index contributed by atoms with van der Waals surface area (Å²) in [5, 5.41) is 2.51. The molecule has 0 spiro atoms. The number of nitrogens with zero attached hydrogens (tertiary/aromatic N) is 2. The number of likely N-dealkylation sites (N-methyl/N-ethyl adjacent to an activating group) is 2. The summed E-state index contributed by atoms with van der Waals surface area (Å²) in [4.78, 5) is 12.9. The monoisotopic (exact) mass is 636 g/mol. The quantitative estimate of drug-likeness (QED) is 0.114. The lowest BCUT2D eigenvalue weighted by atomic mass is 9.81. The zero-order valence-electron chi connectivity index (χ0n) is 27.7. The van der Waals surface area contributed by atoms with Gasteiger partial charge in [0.2, 0.25) is 7.44 Å². The van der Waals surface area contributed by atoms with Crippen LogP contribution >= 0.6 is 7.44 Å². The Bertz CT molecular complexity index is 1270. The largest absolute Gasteiger partial charge is 0.465 e. The number of carbonyl (C=O) groups excluding carboxylic acids is 1. The summed E-state index contributed by atoms with van der Waals surface area (Å²) >= 11 is 0. The van der Waals surface area contributed by atoms with Crippen molar-refractivity contribution in [2.45, 2.75) is 89.8 Å². The molecule has 2 saturated heterocycles. The van der Waals surface area contributed by atoms with Crippen LogP contribution in [0, 0.1) is 17.8 Å². The van der Waals surface area contributed by atoms with Crippen LogP contribution in [0.3, 0.4) is 0 Å². The first-order chi connectivity index (χ1) is 21.0. The molecule has 2 aromatic rings. The van der Waals surface area contributed by atoms with Gasteiger partial charge >= 0.3 is 5.97 Å². The third kappa shape index (κ3) is 6.33. The lowest BCUT2D eigenvalue weighted by Crippen LogP contribution is -2.66. The van der Waals surface area contributed by atoms with Crippen molar-refractivity contribution in [1.29, 1.82) is 0 Å². The average molecular weight is 637 g/mol. The molecule has 3 fully saturated rings. The minimum atomic E-state index is -2.73. The lowest BCUT2D eigenvalue weighted by Gasteiger charge is -2.43. The van der Waals surface area contributed by atoms with Gasteiger partial charge in [0, 0.05) is 30.4 Å². The number of cyclic esters (lactones) is 1. The molecule has 2 aliphatic heterocycles. The third-order valence-corrected chi connectivity index (χ3v) is 18.7. The molecular formula is C36H53N2O4PSi. The van der Waals surface area contributed by atoms with Crippen LogP contribution in [0.5, 0.6) is 0 Å². The second-order valence-corrected chi connectivity index (χ2v) is 21.4. The van der Waals surface area contributed by atoms with Gasteiger partial charge in [0.25, 0.3) is 8.32 Å². The summed E-state index contributed by atoms with van der Waals surface area (Å²) in [6.07, 6.45) is 9.22. The van der Waals surface area contributed by atoms with Crippen LogP contribution in [-0.4, -0.2) is 63.0 Å². The smallest absolute Gasteiger partial charge is 0.309 e. The Morgan fingerprint density at radius 2 is 1.52 bits per heavy atom. The Morgan fingerprint density at radius 3 is 2.05 bits per heavy atom. The fourth-order valence-corrected chi connectivity index (χ4v) is 15.5. The fourth-order valence-electron chi connectivity index (χ4n) is 8.26. The minimum absolute atomic E-state index is 0.0607.